The van der Waals surface area contributed by atoms with E-state index < -0.39 is 0 Å². The van der Waals surface area contributed by atoms with Crippen molar-refractivity contribution >= 4 is 39.2 Å². The van der Waals surface area contributed by atoms with Crippen LogP contribution >= 0.6 is 23.1 Å². The monoisotopic (exact) mass is 455 g/mol. The zero-order chi connectivity index (χ0) is 22.2. The summed E-state index contributed by atoms with van der Waals surface area (Å²) in [4.78, 5) is 34.4. The van der Waals surface area contributed by atoms with Gasteiger partial charge >= 0.3 is 0 Å². The Morgan fingerprint density at radius 1 is 1.23 bits per heavy atom. The molecule has 2 aromatic heterocycles. The third kappa shape index (κ3) is 5.36. The van der Waals surface area contributed by atoms with Crippen LogP contribution in [0.5, 0.6) is 0 Å². The van der Waals surface area contributed by atoms with E-state index in [0.29, 0.717) is 24.8 Å². The van der Waals surface area contributed by atoms with Crippen LogP contribution in [0.3, 0.4) is 0 Å². The summed E-state index contributed by atoms with van der Waals surface area (Å²) in [5.41, 5.74) is 1.09. The van der Waals surface area contributed by atoms with Crippen LogP contribution in [-0.4, -0.2) is 39.2 Å². The number of nitriles is 2. The lowest BCUT2D eigenvalue weighted by atomic mass is 10.1. The first-order chi connectivity index (χ1) is 15.1. The van der Waals surface area contributed by atoms with E-state index in [1.54, 1.807) is 22.0 Å². The van der Waals surface area contributed by atoms with Gasteiger partial charge in [-0.15, -0.1) is 17.9 Å². The molecule has 0 bridgehead atoms. The summed E-state index contributed by atoms with van der Waals surface area (Å²) in [6, 6.07) is 4.07. The smallest absolute Gasteiger partial charge is 0.263 e. The van der Waals surface area contributed by atoms with E-state index >= 15 is 0 Å². The first kappa shape index (κ1) is 23.1. The summed E-state index contributed by atoms with van der Waals surface area (Å²) >= 11 is 2.82. The minimum absolute atomic E-state index is 0.0648. The van der Waals surface area contributed by atoms with Crippen LogP contribution in [0.1, 0.15) is 42.5 Å². The molecule has 1 aliphatic rings. The van der Waals surface area contributed by atoms with Gasteiger partial charge in [0.05, 0.1) is 36.1 Å². The summed E-state index contributed by atoms with van der Waals surface area (Å²) in [6.07, 6.45) is 7.41. The SMILES string of the molecule is C=CCn1c(SCC(=O)N(CCC#N)CCC#N)nc2sc3c(c2c1=O)CCCCC3. The highest BCUT2D eigenvalue weighted by atomic mass is 32.2. The number of hydrogen-bond acceptors (Lipinski definition) is 7. The molecule has 0 saturated heterocycles. The third-order valence-electron chi connectivity index (χ3n) is 5.27. The Labute approximate surface area is 190 Å². The molecule has 2 aromatic rings. The Bertz CT molecular complexity index is 1090. The van der Waals surface area contributed by atoms with Gasteiger partial charge < -0.3 is 4.90 Å². The Hall–Kier alpha value is -2.62. The number of thiophene rings is 1. The van der Waals surface area contributed by atoms with Gasteiger partial charge in [-0.3, -0.25) is 14.2 Å². The number of aromatic nitrogens is 2. The van der Waals surface area contributed by atoms with Crippen LogP contribution in [0.2, 0.25) is 0 Å². The van der Waals surface area contributed by atoms with Crippen molar-refractivity contribution in [3.63, 3.8) is 0 Å². The largest absolute Gasteiger partial charge is 0.340 e. The maximum absolute atomic E-state index is 13.3. The van der Waals surface area contributed by atoms with Crippen LogP contribution in [-0.2, 0) is 24.2 Å². The molecule has 1 amide bonds. The minimum atomic E-state index is -0.169. The summed E-state index contributed by atoms with van der Waals surface area (Å²) in [5.74, 6) is -0.0752. The van der Waals surface area contributed by atoms with Gasteiger partial charge in [0.2, 0.25) is 5.91 Å². The van der Waals surface area contributed by atoms with Gasteiger partial charge in [0.15, 0.2) is 5.16 Å². The lowest BCUT2D eigenvalue weighted by Crippen LogP contribution is -2.34. The molecule has 0 aromatic carbocycles. The van der Waals surface area contributed by atoms with Gasteiger partial charge in [-0.05, 0) is 31.2 Å². The second kappa shape index (κ2) is 11.1. The Morgan fingerprint density at radius 2 is 1.94 bits per heavy atom. The van der Waals surface area contributed by atoms with Crippen LogP contribution in [0.15, 0.2) is 22.6 Å². The van der Waals surface area contributed by atoms with Crippen molar-refractivity contribution in [1.82, 2.24) is 14.5 Å². The number of aryl methyl sites for hydroxylation is 2. The first-order valence-corrected chi connectivity index (χ1v) is 12.2. The maximum Gasteiger partial charge on any atom is 0.263 e. The van der Waals surface area contributed by atoms with Gasteiger partial charge in [-0.25, -0.2) is 4.98 Å². The molecule has 7 nitrogen and oxygen atoms in total. The Kier molecular flexibility index (Phi) is 8.27. The van der Waals surface area contributed by atoms with Crippen molar-refractivity contribution in [3.05, 3.63) is 33.4 Å². The number of fused-ring (bicyclic) bond motifs is 3. The molecule has 0 saturated carbocycles. The topological polar surface area (TPSA) is 103 Å². The summed E-state index contributed by atoms with van der Waals surface area (Å²) in [5, 5.41) is 18.9. The molecule has 2 heterocycles. The average Bonchev–Trinajstić information content (AvgIpc) is 2.95. The fourth-order valence-corrected chi connectivity index (χ4v) is 5.96. The number of allylic oxidation sites excluding steroid dienone is 1. The molecule has 0 atom stereocenters. The normalized spacial score (nSPS) is 13.1. The quantitative estimate of drug-likeness (QED) is 0.247. The molecule has 3 rings (SSSR count). The molecule has 0 unspecified atom stereocenters. The molecule has 9 heteroatoms. The van der Waals surface area contributed by atoms with Gasteiger partial charge in [0.1, 0.15) is 4.83 Å². The molecule has 31 heavy (non-hydrogen) atoms. The summed E-state index contributed by atoms with van der Waals surface area (Å²) in [6.45, 7) is 4.68. The van der Waals surface area contributed by atoms with Crippen LogP contribution in [0, 0.1) is 22.7 Å². The fourth-order valence-electron chi connectivity index (χ4n) is 3.75. The number of thioether (sulfide) groups is 1. The van der Waals surface area contributed by atoms with Crippen molar-refractivity contribution in [3.8, 4) is 12.1 Å². The minimum Gasteiger partial charge on any atom is -0.340 e. The van der Waals surface area contributed by atoms with Crippen molar-refractivity contribution in [2.45, 2.75) is 56.6 Å². The molecule has 0 aliphatic heterocycles. The lowest BCUT2D eigenvalue weighted by Gasteiger charge is -2.20. The third-order valence-corrected chi connectivity index (χ3v) is 7.41. The lowest BCUT2D eigenvalue weighted by molar-refractivity contribution is -0.128. The maximum atomic E-state index is 13.3. The molecular weight excluding hydrogens is 430 g/mol. The van der Waals surface area contributed by atoms with Crippen molar-refractivity contribution in [2.24, 2.45) is 0 Å². The van der Waals surface area contributed by atoms with E-state index in [1.807, 2.05) is 12.1 Å². The molecule has 0 fully saturated rings. The predicted molar refractivity (Wildman–Crippen MR) is 123 cm³/mol. The summed E-state index contributed by atoms with van der Waals surface area (Å²) in [7, 11) is 0. The average molecular weight is 456 g/mol. The van der Waals surface area contributed by atoms with Gasteiger partial charge in [-0.1, -0.05) is 24.3 Å². The molecule has 1 aliphatic carbocycles. The van der Waals surface area contributed by atoms with E-state index in [1.165, 1.54) is 28.0 Å². The Balaban J connectivity index is 1.89. The highest BCUT2D eigenvalue weighted by molar-refractivity contribution is 7.99. The fraction of sp³-hybridized carbons (Fsp3) is 0.500. The molecule has 0 N–H and O–H groups in total. The standard InChI is InChI=1S/C22H25N5O2S2/c1-2-12-27-21(29)19-16-8-4-3-5-9-17(16)31-20(19)25-22(27)30-15-18(28)26(13-6-10-23)14-7-11-24/h2H,1,3-9,12-15H2. The number of nitrogens with zero attached hydrogens (tertiary/aromatic N) is 5. The van der Waals surface area contributed by atoms with Crippen LogP contribution in [0.25, 0.3) is 10.2 Å². The molecule has 162 valence electrons. The van der Waals surface area contributed by atoms with Gasteiger partial charge in [0.25, 0.3) is 5.56 Å². The highest BCUT2D eigenvalue weighted by Gasteiger charge is 2.22. The van der Waals surface area contributed by atoms with Crippen LogP contribution < -0.4 is 5.56 Å². The molecule has 0 spiro atoms. The number of carbonyl (C=O) groups is 1. The van der Waals surface area contributed by atoms with Crippen molar-refractivity contribution < 1.29 is 4.79 Å². The van der Waals surface area contributed by atoms with Gasteiger partial charge in [-0.2, -0.15) is 10.5 Å². The second-order valence-corrected chi connectivity index (χ2v) is 9.36. The zero-order valence-electron chi connectivity index (χ0n) is 17.4. The highest BCUT2D eigenvalue weighted by Crippen LogP contribution is 2.34. The van der Waals surface area contributed by atoms with Crippen LogP contribution in [0.4, 0.5) is 0 Å². The van der Waals surface area contributed by atoms with Gasteiger partial charge in [0, 0.05) is 24.5 Å². The second-order valence-electron chi connectivity index (χ2n) is 7.33. The van der Waals surface area contributed by atoms with E-state index in [4.69, 9.17) is 15.5 Å². The number of carbonyl (C=O) groups excluding carboxylic acids is 1. The van der Waals surface area contributed by atoms with E-state index in [-0.39, 0.29) is 30.1 Å². The first-order valence-electron chi connectivity index (χ1n) is 10.4. The van der Waals surface area contributed by atoms with Crippen molar-refractivity contribution in [2.75, 3.05) is 18.8 Å². The number of rotatable bonds is 9. The summed E-state index contributed by atoms with van der Waals surface area (Å²) < 4.78 is 1.60. The van der Waals surface area contributed by atoms with E-state index in [0.717, 1.165) is 41.5 Å². The molecule has 0 radical (unpaired) electrons. The molecular formula is C22H25N5O2S2. The van der Waals surface area contributed by atoms with E-state index in [9.17, 15) is 9.59 Å². The Morgan fingerprint density at radius 3 is 2.61 bits per heavy atom. The zero-order valence-corrected chi connectivity index (χ0v) is 19.1. The number of amides is 1. The number of hydrogen-bond donors (Lipinski definition) is 0. The predicted octanol–water partition coefficient (Wildman–Crippen LogP) is 3.66. The van der Waals surface area contributed by atoms with E-state index in [2.05, 4.69) is 6.58 Å². The van der Waals surface area contributed by atoms with Crippen molar-refractivity contribution in [1.29, 1.82) is 10.5 Å².